The highest BCUT2D eigenvalue weighted by atomic mass is 19.4. The lowest BCUT2D eigenvalue weighted by Gasteiger charge is -2.28. The van der Waals surface area contributed by atoms with Crippen molar-refractivity contribution in [3.8, 4) is 0 Å². The summed E-state index contributed by atoms with van der Waals surface area (Å²) in [7, 11) is 1.45. The van der Waals surface area contributed by atoms with Crippen molar-refractivity contribution in [2.45, 2.75) is 25.1 Å². The molecule has 1 saturated heterocycles. The number of likely N-dealkylation sites (tertiary alicyclic amines) is 1. The molecule has 0 aromatic rings. The van der Waals surface area contributed by atoms with Gasteiger partial charge in [-0.2, -0.15) is 13.2 Å². The highest BCUT2D eigenvalue weighted by Gasteiger charge is 2.44. The molecule has 15 heavy (non-hydrogen) atoms. The van der Waals surface area contributed by atoms with Crippen LogP contribution in [0.2, 0.25) is 0 Å². The monoisotopic (exact) mass is 225 g/mol. The Hall–Kier alpha value is -1.27. The van der Waals surface area contributed by atoms with Crippen molar-refractivity contribution < 1.29 is 27.5 Å². The second-order valence-corrected chi connectivity index (χ2v) is 3.29. The fraction of sp³-hybridized carbons (Fsp3) is 0.750. The van der Waals surface area contributed by atoms with Gasteiger partial charge in [-0.15, -0.1) is 0 Å². The summed E-state index contributed by atoms with van der Waals surface area (Å²) >= 11 is 0. The molecule has 0 aromatic heterocycles. The number of likely N-dealkylation sites (N-methyl/N-ethyl adjacent to an activating group) is 1. The zero-order valence-electron chi connectivity index (χ0n) is 8.00. The number of nitrogens with zero attached hydrogens (tertiary/aromatic N) is 1. The van der Waals surface area contributed by atoms with E-state index in [9.17, 15) is 22.8 Å². The third kappa shape index (κ3) is 2.84. The van der Waals surface area contributed by atoms with Gasteiger partial charge in [0, 0.05) is 13.6 Å². The van der Waals surface area contributed by atoms with E-state index in [4.69, 9.17) is 0 Å². The van der Waals surface area contributed by atoms with Gasteiger partial charge in [-0.1, -0.05) is 0 Å². The van der Waals surface area contributed by atoms with E-state index in [-0.39, 0.29) is 6.42 Å². The van der Waals surface area contributed by atoms with Crippen LogP contribution in [0.25, 0.3) is 0 Å². The van der Waals surface area contributed by atoms with Crippen LogP contribution in [-0.2, 0) is 14.3 Å². The minimum Gasteiger partial charge on any atom is -0.446 e. The Morgan fingerprint density at radius 2 is 2.13 bits per heavy atom. The molecule has 1 rings (SSSR count). The van der Waals surface area contributed by atoms with Crippen LogP contribution in [0.4, 0.5) is 13.2 Å². The SMILES string of the molecule is CN1CCCC(OC(=O)C(F)(F)F)C1=O. The van der Waals surface area contributed by atoms with Gasteiger partial charge in [0.2, 0.25) is 0 Å². The maximum absolute atomic E-state index is 11.8. The molecule has 1 amide bonds. The minimum absolute atomic E-state index is 0.144. The number of ether oxygens (including phenoxy) is 1. The number of hydrogen-bond donors (Lipinski definition) is 0. The first-order valence-corrected chi connectivity index (χ1v) is 4.35. The Morgan fingerprint density at radius 1 is 1.53 bits per heavy atom. The average Bonchev–Trinajstić information content (AvgIpc) is 2.11. The maximum Gasteiger partial charge on any atom is 0.490 e. The summed E-state index contributed by atoms with van der Waals surface area (Å²) in [5.74, 6) is -2.89. The van der Waals surface area contributed by atoms with Crippen LogP contribution in [-0.4, -0.2) is 42.6 Å². The number of rotatable bonds is 1. The molecule has 1 aliphatic rings. The lowest BCUT2D eigenvalue weighted by molar-refractivity contribution is -0.207. The van der Waals surface area contributed by atoms with Crippen LogP contribution >= 0.6 is 0 Å². The first-order valence-electron chi connectivity index (χ1n) is 4.35. The molecule has 1 unspecified atom stereocenters. The van der Waals surface area contributed by atoms with E-state index in [2.05, 4.69) is 4.74 Å². The third-order valence-electron chi connectivity index (χ3n) is 2.09. The van der Waals surface area contributed by atoms with E-state index in [0.29, 0.717) is 13.0 Å². The van der Waals surface area contributed by atoms with Crippen molar-refractivity contribution in [3.63, 3.8) is 0 Å². The zero-order chi connectivity index (χ0) is 11.6. The van der Waals surface area contributed by atoms with Crippen molar-refractivity contribution in [3.05, 3.63) is 0 Å². The predicted molar refractivity (Wildman–Crippen MR) is 42.8 cm³/mol. The van der Waals surface area contributed by atoms with Gasteiger partial charge in [-0.25, -0.2) is 4.79 Å². The first-order chi connectivity index (χ1) is 6.82. The fourth-order valence-corrected chi connectivity index (χ4v) is 1.30. The molecule has 0 N–H and O–H groups in total. The van der Waals surface area contributed by atoms with Crippen molar-refractivity contribution in [1.29, 1.82) is 0 Å². The van der Waals surface area contributed by atoms with E-state index >= 15 is 0 Å². The largest absolute Gasteiger partial charge is 0.490 e. The fourth-order valence-electron chi connectivity index (χ4n) is 1.30. The number of carbonyl (C=O) groups excluding carboxylic acids is 2. The van der Waals surface area contributed by atoms with Crippen LogP contribution in [0.3, 0.4) is 0 Å². The number of carbonyl (C=O) groups is 2. The van der Waals surface area contributed by atoms with Gasteiger partial charge in [0.25, 0.3) is 5.91 Å². The van der Waals surface area contributed by atoms with E-state index < -0.39 is 24.2 Å². The Bertz CT molecular complexity index is 277. The molecule has 4 nitrogen and oxygen atoms in total. The summed E-state index contributed by atoms with van der Waals surface area (Å²) in [4.78, 5) is 23.0. The molecule has 0 bridgehead atoms. The number of hydrogen-bond acceptors (Lipinski definition) is 3. The van der Waals surface area contributed by atoms with Crippen LogP contribution in [0.1, 0.15) is 12.8 Å². The van der Waals surface area contributed by atoms with Gasteiger partial charge in [0.15, 0.2) is 6.10 Å². The molecule has 0 radical (unpaired) electrons. The standard InChI is InChI=1S/C8H10F3NO3/c1-12-4-2-3-5(6(12)13)15-7(14)8(9,10)11/h5H,2-4H2,1H3. The molecule has 1 aliphatic heterocycles. The van der Waals surface area contributed by atoms with E-state index in [1.807, 2.05) is 0 Å². The number of amides is 1. The molecule has 0 saturated carbocycles. The highest BCUT2D eigenvalue weighted by molar-refractivity contribution is 5.85. The number of esters is 1. The predicted octanol–water partition coefficient (Wildman–Crippen LogP) is 0.713. The Morgan fingerprint density at radius 3 is 2.67 bits per heavy atom. The van der Waals surface area contributed by atoms with Crippen LogP contribution in [0.5, 0.6) is 0 Å². The van der Waals surface area contributed by atoms with Crippen molar-refractivity contribution in [2.24, 2.45) is 0 Å². The van der Waals surface area contributed by atoms with Gasteiger partial charge < -0.3 is 9.64 Å². The Labute approximate surface area is 84.0 Å². The lowest BCUT2D eigenvalue weighted by Crippen LogP contribution is -2.45. The number of piperidine rings is 1. The van der Waals surface area contributed by atoms with Gasteiger partial charge in [0.1, 0.15) is 0 Å². The normalized spacial score (nSPS) is 22.8. The first kappa shape index (κ1) is 11.8. The lowest BCUT2D eigenvalue weighted by atomic mass is 10.1. The minimum atomic E-state index is -5.05. The summed E-state index contributed by atoms with van der Waals surface area (Å²) < 4.78 is 39.6. The van der Waals surface area contributed by atoms with E-state index in [0.717, 1.165) is 0 Å². The molecule has 1 fully saturated rings. The maximum atomic E-state index is 11.8. The van der Waals surface area contributed by atoms with Crippen LogP contribution in [0.15, 0.2) is 0 Å². The summed E-state index contributed by atoms with van der Waals surface area (Å²) in [6.07, 6.45) is -5.67. The van der Waals surface area contributed by atoms with Gasteiger partial charge in [-0.3, -0.25) is 4.79 Å². The van der Waals surface area contributed by atoms with Crippen molar-refractivity contribution in [1.82, 2.24) is 4.90 Å². The molecular formula is C8H10F3NO3. The Kier molecular flexibility index (Phi) is 3.21. The molecule has 0 aromatic carbocycles. The summed E-state index contributed by atoms with van der Waals surface area (Å²) in [6.45, 7) is 0.471. The second kappa shape index (κ2) is 4.08. The van der Waals surface area contributed by atoms with Crippen molar-refractivity contribution >= 4 is 11.9 Å². The third-order valence-corrected chi connectivity index (χ3v) is 2.09. The topological polar surface area (TPSA) is 46.6 Å². The number of alkyl halides is 3. The molecule has 0 aliphatic carbocycles. The molecular weight excluding hydrogens is 215 g/mol. The van der Waals surface area contributed by atoms with E-state index in [1.165, 1.54) is 11.9 Å². The van der Waals surface area contributed by atoms with Gasteiger partial charge >= 0.3 is 12.1 Å². The highest BCUT2D eigenvalue weighted by Crippen LogP contribution is 2.21. The van der Waals surface area contributed by atoms with Crippen molar-refractivity contribution in [2.75, 3.05) is 13.6 Å². The molecule has 86 valence electrons. The Balaban J connectivity index is 2.58. The summed E-state index contributed by atoms with van der Waals surface area (Å²) in [6, 6.07) is 0. The second-order valence-electron chi connectivity index (χ2n) is 3.29. The molecule has 7 heteroatoms. The van der Waals surface area contributed by atoms with Crippen LogP contribution in [0, 0.1) is 0 Å². The van der Waals surface area contributed by atoms with Gasteiger partial charge in [-0.05, 0) is 12.8 Å². The number of halogens is 3. The molecule has 0 spiro atoms. The smallest absolute Gasteiger partial charge is 0.446 e. The van der Waals surface area contributed by atoms with E-state index in [1.54, 1.807) is 0 Å². The van der Waals surface area contributed by atoms with Gasteiger partial charge in [0.05, 0.1) is 0 Å². The molecule has 1 atom stereocenters. The zero-order valence-corrected chi connectivity index (χ0v) is 8.00. The molecule has 1 heterocycles. The summed E-state index contributed by atoms with van der Waals surface area (Å²) in [5, 5.41) is 0. The quantitative estimate of drug-likeness (QED) is 0.617. The summed E-state index contributed by atoms with van der Waals surface area (Å²) in [5.41, 5.74) is 0. The average molecular weight is 225 g/mol. The van der Waals surface area contributed by atoms with Crippen LogP contribution < -0.4 is 0 Å².